The number of hydrogen-bond acceptors (Lipinski definition) is 2. The van der Waals surface area contributed by atoms with Crippen LogP contribution in [0, 0.1) is 11.8 Å². The van der Waals surface area contributed by atoms with Gasteiger partial charge in [-0.05, 0) is 25.2 Å². The molecule has 1 atom stereocenters. The molecule has 0 bridgehead atoms. The van der Waals surface area contributed by atoms with Crippen molar-refractivity contribution in [3.05, 3.63) is 0 Å². The van der Waals surface area contributed by atoms with Crippen molar-refractivity contribution < 1.29 is 9.90 Å². The average molecular weight is 199 g/mol. The quantitative estimate of drug-likeness (QED) is 0.743. The van der Waals surface area contributed by atoms with Crippen molar-refractivity contribution in [3.8, 4) is 0 Å². The average Bonchev–Trinajstić information content (AvgIpc) is 2.19. The molecule has 0 radical (unpaired) electrons. The number of nitrogens with zero attached hydrogens (tertiary/aromatic N) is 1. The van der Waals surface area contributed by atoms with Gasteiger partial charge in [-0.25, -0.2) is 0 Å². The van der Waals surface area contributed by atoms with Crippen molar-refractivity contribution in [1.29, 1.82) is 0 Å². The summed E-state index contributed by atoms with van der Waals surface area (Å²) in [6, 6.07) is 0. The summed E-state index contributed by atoms with van der Waals surface area (Å²) in [7, 11) is 0. The maximum Gasteiger partial charge on any atom is 0.228 e. The number of likely N-dealkylation sites (tertiary alicyclic amines) is 1. The van der Waals surface area contributed by atoms with Crippen LogP contribution in [-0.2, 0) is 4.79 Å². The summed E-state index contributed by atoms with van der Waals surface area (Å²) in [6.07, 6.45) is 3.46. The summed E-state index contributed by atoms with van der Waals surface area (Å²) < 4.78 is 0. The molecule has 0 spiro atoms. The molecule has 82 valence electrons. The molecule has 1 amide bonds. The molecule has 1 rings (SSSR count). The molecular formula is C11H21NO2. The second-order valence-corrected chi connectivity index (χ2v) is 4.42. The highest BCUT2D eigenvalue weighted by molar-refractivity contribution is 5.79. The Kier molecular flexibility index (Phi) is 4.39. The number of aliphatic hydroxyl groups excluding tert-OH is 1. The SMILES string of the molecule is CC(C)C(CO)C(=O)N1CCCCC1. The smallest absolute Gasteiger partial charge is 0.228 e. The molecule has 14 heavy (non-hydrogen) atoms. The lowest BCUT2D eigenvalue weighted by Crippen LogP contribution is -2.42. The Morgan fingerprint density at radius 3 is 2.29 bits per heavy atom. The molecule has 0 saturated carbocycles. The summed E-state index contributed by atoms with van der Waals surface area (Å²) in [5.41, 5.74) is 0. The number of aliphatic hydroxyl groups is 1. The maximum atomic E-state index is 11.9. The van der Waals surface area contributed by atoms with Gasteiger partial charge in [0, 0.05) is 13.1 Å². The van der Waals surface area contributed by atoms with E-state index in [1.54, 1.807) is 0 Å². The highest BCUT2D eigenvalue weighted by atomic mass is 16.3. The summed E-state index contributed by atoms with van der Waals surface area (Å²) in [6.45, 7) is 5.71. The minimum atomic E-state index is -0.201. The number of carbonyl (C=O) groups is 1. The predicted octanol–water partition coefficient (Wildman–Crippen LogP) is 1.26. The van der Waals surface area contributed by atoms with E-state index in [-0.39, 0.29) is 24.3 Å². The Hall–Kier alpha value is -0.570. The van der Waals surface area contributed by atoms with Crippen molar-refractivity contribution in [2.24, 2.45) is 11.8 Å². The summed E-state index contributed by atoms with van der Waals surface area (Å²) in [5, 5.41) is 9.15. The first-order chi connectivity index (χ1) is 6.66. The van der Waals surface area contributed by atoms with Crippen LogP contribution in [0.1, 0.15) is 33.1 Å². The monoisotopic (exact) mass is 199 g/mol. The highest BCUT2D eigenvalue weighted by Gasteiger charge is 2.26. The third kappa shape index (κ3) is 2.71. The molecule has 3 nitrogen and oxygen atoms in total. The molecule has 1 N–H and O–H groups in total. The van der Waals surface area contributed by atoms with Crippen LogP contribution in [0.25, 0.3) is 0 Å². The van der Waals surface area contributed by atoms with Crippen molar-refractivity contribution in [2.75, 3.05) is 19.7 Å². The Labute approximate surface area is 86.1 Å². The molecular weight excluding hydrogens is 178 g/mol. The summed E-state index contributed by atoms with van der Waals surface area (Å²) in [5.74, 6) is 0.171. The van der Waals surface area contributed by atoms with Crippen LogP contribution in [0.2, 0.25) is 0 Å². The number of rotatable bonds is 3. The second kappa shape index (κ2) is 5.35. The van der Waals surface area contributed by atoms with Gasteiger partial charge in [-0.1, -0.05) is 13.8 Å². The molecule has 1 saturated heterocycles. The zero-order chi connectivity index (χ0) is 10.6. The van der Waals surface area contributed by atoms with E-state index in [0.717, 1.165) is 25.9 Å². The molecule has 1 fully saturated rings. The minimum Gasteiger partial charge on any atom is -0.396 e. The number of hydrogen-bond donors (Lipinski definition) is 1. The van der Waals surface area contributed by atoms with E-state index in [9.17, 15) is 4.79 Å². The first kappa shape index (κ1) is 11.5. The molecule has 1 aliphatic heterocycles. The topological polar surface area (TPSA) is 40.5 Å². The normalized spacial score (nSPS) is 19.9. The van der Waals surface area contributed by atoms with E-state index in [1.165, 1.54) is 6.42 Å². The molecule has 3 heteroatoms. The zero-order valence-electron chi connectivity index (χ0n) is 9.20. The molecule has 0 aromatic carbocycles. The number of carbonyl (C=O) groups excluding carboxylic acids is 1. The Balaban J connectivity index is 2.52. The molecule has 0 aliphatic carbocycles. The van der Waals surface area contributed by atoms with Crippen molar-refractivity contribution in [1.82, 2.24) is 4.90 Å². The molecule has 1 aliphatic rings. The van der Waals surface area contributed by atoms with Gasteiger partial charge in [0.15, 0.2) is 0 Å². The van der Waals surface area contributed by atoms with E-state index in [1.807, 2.05) is 18.7 Å². The molecule has 1 unspecified atom stereocenters. The lowest BCUT2D eigenvalue weighted by molar-refractivity contribution is -0.139. The van der Waals surface area contributed by atoms with Gasteiger partial charge in [0.1, 0.15) is 0 Å². The first-order valence-electron chi connectivity index (χ1n) is 5.56. The second-order valence-electron chi connectivity index (χ2n) is 4.42. The van der Waals surface area contributed by atoms with Gasteiger partial charge < -0.3 is 10.0 Å². The largest absolute Gasteiger partial charge is 0.396 e. The molecule has 0 aromatic rings. The van der Waals surface area contributed by atoms with Crippen molar-refractivity contribution >= 4 is 5.91 Å². The predicted molar refractivity (Wildman–Crippen MR) is 55.8 cm³/mol. The van der Waals surface area contributed by atoms with Crippen LogP contribution >= 0.6 is 0 Å². The van der Waals surface area contributed by atoms with Gasteiger partial charge >= 0.3 is 0 Å². The van der Waals surface area contributed by atoms with Crippen LogP contribution < -0.4 is 0 Å². The van der Waals surface area contributed by atoms with Crippen LogP contribution in [0.3, 0.4) is 0 Å². The van der Waals surface area contributed by atoms with Crippen LogP contribution in [-0.4, -0.2) is 35.6 Å². The third-order valence-corrected chi connectivity index (χ3v) is 2.99. The fraction of sp³-hybridized carbons (Fsp3) is 0.909. The van der Waals surface area contributed by atoms with E-state index < -0.39 is 0 Å². The van der Waals surface area contributed by atoms with Gasteiger partial charge in [0.05, 0.1) is 12.5 Å². The lowest BCUT2D eigenvalue weighted by Gasteiger charge is -2.31. The maximum absolute atomic E-state index is 11.9. The standard InChI is InChI=1S/C11H21NO2/c1-9(2)10(8-13)11(14)12-6-4-3-5-7-12/h9-10,13H,3-8H2,1-2H3. The molecule has 0 aromatic heterocycles. The van der Waals surface area contributed by atoms with E-state index in [2.05, 4.69) is 0 Å². The van der Waals surface area contributed by atoms with Crippen LogP contribution in [0.15, 0.2) is 0 Å². The van der Waals surface area contributed by atoms with Gasteiger partial charge in [-0.15, -0.1) is 0 Å². The lowest BCUT2D eigenvalue weighted by atomic mass is 9.94. The van der Waals surface area contributed by atoms with Crippen molar-refractivity contribution in [2.45, 2.75) is 33.1 Å². The Bertz CT molecular complexity index is 186. The Morgan fingerprint density at radius 2 is 1.86 bits per heavy atom. The van der Waals surface area contributed by atoms with E-state index >= 15 is 0 Å². The summed E-state index contributed by atoms with van der Waals surface area (Å²) >= 11 is 0. The van der Waals surface area contributed by atoms with Gasteiger partial charge in [0.25, 0.3) is 0 Å². The first-order valence-corrected chi connectivity index (χ1v) is 5.56. The van der Waals surface area contributed by atoms with Gasteiger partial charge in [-0.3, -0.25) is 4.79 Å². The fourth-order valence-corrected chi connectivity index (χ4v) is 1.92. The number of amides is 1. The van der Waals surface area contributed by atoms with Gasteiger partial charge in [0.2, 0.25) is 5.91 Å². The minimum absolute atomic E-state index is 0.0208. The summed E-state index contributed by atoms with van der Waals surface area (Å²) in [4.78, 5) is 13.8. The fourth-order valence-electron chi connectivity index (χ4n) is 1.92. The third-order valence-electron chi connectivity index (χ3n) is 2.99. The highest BCUT2D eigenvalue weighted by Crippen LogP contribution is 2.17. The van der Waals surface area contributed by atoms with E-state index in [0.29, 0.717) is 0 Å². The van der Waals surface area contributed by atoms with Gasteiger partial charge in [-0.2, -0.15) is 0 Å². The van der Waals surface area contributed by atoms with Crippen molar-refractivity contribution in [3.63, 3.8) is 0 Å². The zero-order valence-corrected chi connectivity index (χ0v) is 9.20. The van der Waals surface area contributed by atoms with E-state index in [4.69, 9.17) is 5.11 Å². The van der Waals surface area contributed by atoms with Crippen LogP contribution in [0.4, 0.5) is 0 Å². The Morgan fingerprint density at radius 1 is 1.29 bits per heavy atom. The number of piperidine rings is 1. The molecule has 1 heterocycles. The van der Waals surface area contributed by atoms with Crippen LogP contribution in [0.5, 0.6) is 0 Å².